The molecule has 7 heteroatoms. The number of fused-ring (bicyclic) bond motifs is 1. The smallest absolute Gasteiger partial charge is 0.149 e. The zero-order valence-corrected chi connectivity index (χ0v) is 18.7. The lowest BCUT2D eigenvalue weighted by molar-refractivity contribution is 0.273. The van der Waals surface area contributed by atoms with Gasteiger partial charge in [-0.05, 0) is 101 Å². The van der Waals surface area contributed by atoms with Gasteiger partial charge in [0.25, 0.3) is 0 Å². The van der Waals surface area contributed by atoms with Gasteiger partial charge in [-0.1, -0.05) is 12.1 Å². The average molecular weight is 488 g/mol. The maximum atomic E-state index is 13.8. The Kier molecular flexibility index (Phi) is 6.51. The van der Waals surface area contributed by atoms with E-state index in [1.165, 1.54) is 12.1 Å². The summed E-state index contributed by atoms with van der Waals surface area (Å²) >= 11 is 3.18. The number of anilines is 1. The van der Waals surface area contributed by atoms with Gasteiger partial charge in [-0.25, -0.2) is 8.78 Å². The van der Waals surface area contributed by atoms with Crippen LogP contribution in [0.4, 0.5) is 14.5 Å². The van der Waals surface area contributed by atoms with Gasteiger partial charge in [0.05, 0.1) is 9.99 Å². The maximum absolute atomic E-state index is 13.8. The molecule has 0 amide bonds. The first kappa shape index (κ1) is 21.7. The van der Waals surface area contributed by atoms with Gasteiger partial charge in [0.1, 0.15) is 17.5 Å². The molecule has 2 aromatic carbocycles. The lowest BCUT2D eigenvalue weighted by atomic mass is 9.73. The van der Waals surface area contributed by atoms with Crippen molar-refractivity contribution in [2.75, 3.05) is 5.32 Å². The van der Waals surface area contributed by atoms with E-state index in [9.17, 15) is 14.0 Å². The summed E-state index contributed by atoms with van der Waals surface area (Å²) in [5.41, 5.74) is 2.63. The Labute approximate surface area is 188 Å². The van der Waals surface area contributed by atoms with Gasteiger partial charge in [0.15, 0.2) is 0 Å². The van der Waals surface area contributed by atoms with Crippen LogP contribution in [-0.4, -0.2) is 16.0 Å². The topological polar surface area (TPSA) is 57.5 Å². The summed E-state index contributed by atoms with van der Waals surface area (Å²) in [6, 6.07) is 11.4. The minimum atomic E-state index is -0.345. The third-order valence-electron chi connectivity index (χ3n) is 6.39. The van der Waals surface area contributed by atoms with Gasteiger partial charge < -0.3 is 10.5 Å². The van der Waals surface area contributed by atoms with Crippen molar-refractivity contribution < 1.29 is 14.0 Å². The second-order valence-corrected chi connectivity index (χ2v) is 9.06. The summed E-state index contributed by atoms with van der Waals surface area (Å²) in [6.07, 6.45) is 5.69. The molecule has 4 nitrogen and oxygen atoms in total. The van der Waals surface area contributed by atoms with Crippen LogP contribution >= 0.6 is 15.9 Å². The Morgan fingerprint density at radius 3 is 2.61 bits per heavy atom. The van der Waals surface area contributed by atoms with E-state index in [1.54, 1.807) is 30.5 Å². The van der Waals surface area contributed by atoms with Crippen molar-refractivity contribution in [1.29, 1.82) is 0 Å². The number of hydrogen-bond acceptors (Lipinski definition) is 3. The number of aromatic nitrogens is 1. The summed E-state index contributed by atoms with van der Waals surface area (Å²) < 4.78 is 27.6. The third-order valence-corrected chi connectivity index (χ3v) is 6.99. The largest absolute Gasteiger partial charge is 0.409 e. The fraction of sp³-hybridized carbons (Fsp3) is 0.333. The summed E-state index contributed by atoms with van der Waals surface area (Å²) in [5, 5.41) is 17.1. The molecule has 1 saturated carbocycles. The molecule has 3 aromatic rings. The van der Waals surface area contributed by atoms with Crippen LogP contribution in [0.3, 0.4) is 0 Å². The number of nitrogens with zero attached hydrogens (tertiary/aromatic N) is 2. The van der Waals surface area contributed by atoms with Crippen molar-refractivity contribution in [3.05, 3.63) is 70.3 Å². The highest BCUT2D eigenvalue weighted by Gasteiger charge is 2.30. The van der Waals surface area contributed by atoms with E-state index in [0.29, 0.717) is 27.8 Å². The Balaban J connectivity index is 1.44. The van der Waals surface area contributed by atoms with E-state index < -0.39 is 0 Å². The lowest BCUT2D eigenvalue weighted by Gasteiger charge is -2.33. The number of amidine groups is 1. The van der Waals surface area contributed by atoms with E-state index in [0.717, 1.165) is 42.1 Å². The first-order valence-corrected chi connectivity index (χ1v) is 11.2. The minimum absolute atomic E-state index is 0.0152. The Bertz CT molecular complexity index is 1110. The van der Waals surface area contributed by atoms with Crippen LogP contribution in [0.5, 0.6) is 0 Å². The molecule has 1 aliphatic carbocycles. The van der Waals surface area contributed by atoms with Crippen LogP contribution in [0.2, 0.25) is 0 Å². The van der Waals surface area contributed by atoms with Crippen molar-refractivity contribution in [2.24, 2.45) is 17.0 Å². The van der Waals surface area contributed by atoms with Crippen molar-refractivity contribution in [1.82, 2.24) is 4.98 Å². The molecule has 31 heavy (non-hydrogen) atoms. The second-order valence-electron chi connectivity index (χ2n) is 8.20. The van der Waals surface area contributed by atoms with Crippen LogP contribution in [-0.2, 0) is 0 Å². The number of oxime groups is 1. The Morgan fingerprint density at radius 2 is 1.90 bits per heavy atom. The molecule has 0 bridgehead atoms. The molecule has 4 rings (SSSR count). The number of hydrogen-bond donors (Lipinski definition) is 2. The van der Waals surface area contributed by atoms with Gasteiger partial charge in [-0.3, -0.25) is 4.98 Å². The van der Waals surface area contributed by atoms with Crippen molar-refractivity contribution in [2.45, 2.75) is 38.5 Å². The summed E-state index contributed by atoms with van der Waals surface area (Å²) in [4.78, 5) is 4.36. The molecule has 0 spiro atoms. The molecule has 1 aliphatic rings. The molecule has 0 aliphatic heterocycles. The summed E-state index contributed by atoms with van der Waals surface area (Å²) in [6.45, 7) is 2.04. The number of halogens is 3. The zero-order valence-electron chi connectivity index (χ0n) is 17.2. The van der Waals surface area contributed by atoms with Crippen LogP contribution in [0.1, 0.15) is 44.1 Å². The monoisotopic (exact) mass is 487 g/mol. The summed E-state index contributed by atoms with van der Waals surface area (Å²) in [7, 11) is 0. The summed E-state index contributed by atoms with van der Waals surface area (Å²) in [5.74, 6) is 0.601. The second kappa shape index (κ2) is 9.30. The van der Waals surface area contributed by atoms with Gasteiger partial charge in [-0.15, -0.1) is 0 Å². The number of benzene rings is 2. The molecule has 1 atom stereocenters. The van der Waals surface area contributed by atoms with Crippen LogP contribution in [0, 0.1) is 23.5 Å². The number of rotatable bonds is 4. The molecule has 162 valence electrons. The molecule has 0 saturated heterocycles. The van der Waals surface area contributed by atoms with Crippen molar-refractivity contribution >= 4 is 38.4 Å². The molecule has 0 radical (unpaired) electrons. The first-order chi connectivity index (χ1) is 15.0. The van der Waals surface area contributed by atoms with Gasteiger partial charge in [-0.2, -0.15) is 0 Å². The highest BCUT2D eigenvalue weighted by molar-refractivity contribution is 9.10. The predicted molar refractivity (Wildman–Crippen MR) is 123 cm³/mol. The quantitative estimate of drug-likeness (QED) is 0.179. The van der Waals surface area contributed by atoms with Gasteiger partial charge >= 0.3 is 0 Å². The minimum Gasteiger partial charge on any atom is -0.409 e. The normalized spacial score (nSPS) is 20.6. The fourth-order valence-electron chi connectivity index (χ4n) is 4.60. The molecule has 1 heterocycles. The SMILES string of the molecule is C[C@@H](/C(=N/O)Nc1ccc(F)c(Br)c1)[C@H]1CC[C@H](c2ccnc3ccc(F)cc32)CC1. The van der Waals surface area contributed by atoms with E-state index in [2.05, 4.69) is 31.4 Å². The molecule has 0 unspecified atom stereocenters. The van der Waals surface area contributed by atoms with E-state index in [-0.39, 0.29) is 17.6 Å². The average Bonchev–Trinajstić information content (AvgIpc) is 2.79. The molecule has 1 fully saturated rings. The van der Waals surface area contributed by atoms with Gasteiger partial charge in [0, 0.05) is 23.2 Å². The number of pyridine rings is 1. The predicted octanol–water partition coefficient (Wildman–Crippen LogP) is 7.09. The standard InChI is InChI=1S/C24H24BrF2N3O/c1-14(24(30-31)29-18-7-8-22(27)21(25)13-18)15-2-4-16(5-3-15)19-10-11-28-23-9-6-17(26)12-20(19)23/h6-16,31H,2-5H2,1H3,(H,29,30)/t14-,15-,16-/m1/s1. The highest BCUT2D eigenvalue weighted by atomic mass is 79.9. The Hall–Kier alpha value is -2.54. The van der Waals surface area contributed by atoms with E-state index in [4.69, 9.17) is 0 Å². The zero-order chi connectivity index (χ0) is 22.0. The first-order valence-electron chi connectivity index (χ1n) is 10.4. The van der Waals surface area contributed by atoms with Gasteiger partial charge in [0.2, 0.25) is 0 Å². The lowest BCUT2D eigenvalue weighted by Crippen LogP contribution is -2.30. The van der Waals surface area contributed by atoms with Crippen LogP contribution in [0.15, 0.2) is 58.3 Å². The Morgan fingerprint density at radius 1 is 1.13 bits per heavy atom. The number of nitrogens with one attached hydrogen (secondary N) is 1. The van der Waals surface area contributed by atoms with E-state index >= 15 is 0 Å². The van der Waals surface area contributed by atoms with E-state index in [1.807, 2.05) is 13.0 Å². The van der Waals surface area contributed by atoms with Crippen molar-refractivity contribution in [3.63, 3.8) is 0 Å². The highest BCUT2D eigenvalue weighted by Crippen LogP contribution is 2.41. The molecular weight excluding hydrogens is 464 g/mol. The molecule has 1 aromatic heterocycles. The molecule has 2 N–H and O–H groups in total. The third kappa shape index (κ3) is 4.71. The van der Waals surface area contributed by atoms with Crippen LogP contribution < -0.4 is 5.32 Å². The fourth-order valence-corrected chi connectivity index (χ4v) is 4.98. The molecular formula is C24H24BrF2N3O. The van der Waals surface area contributed by atoms with Crippen molar-refractivity contribution in [3.8, 4) is 0 Å². The maximum Gasteiger partial charge on any atom is 0.149 e. The van der Waals surface area contributed by atoms with Crippen LogP contribution in [0.25, 0.3) is 10.9 Å².